The molecule has 0 saturated carbocycles. The standard InChI is InChI=1S/C19H24N2O/c1-12(2)16-6-5-7-17(13(3)4)18(16)21-19(22)14-8-10-15(20)11-9-14/h5-13H,20H2,1-4H3,(H,21,22). The van der Waals surface area contributed by atoms with Gasteiger partial charge in [-0.05, 0) is 47.2 Å². The van der Waals surface area contributed by atoms with Gasteiger partial charge < -0.3 is 11.1 Å². The average molecular weight is 296 g/mol. The van der Waals surface area contributed by atoms with E-state index in [1.807, 2.05) is 0 Å². The summed E-state index contributed by atoms with van der Waals surface area (Å²) >= 11 is 0. The van der Waals surface area contributed by atoms with Crippen molar-refractivity contribution in [3.8, 4) is 0 Å². The second-order valence-electron chi connectivity index (χ2n) is 6.20. The van der Waals surface area contributed by atoms with Crippen molar-refractivity contribution < 1.29 is 4.79 Å². The predicted molar refractivity (Wildman–Crippen MR) is 93.4 cm³/mol. The minimum atomic E-state index is -0.102. The number of carbonyl (C=O) groups excluding carboxylic acids is 1. The molecule has 2 rings (SSSR count). The van der Waals surface area contributed by atoms with Crippen molar-refractivity contribution in [2.24, 2.45) is 0 Å². The number of carbonyl (C=O) groups is 1. The first-order chi connectivity index (χ1) is 10.4. The van der Waals surface area contributed by atoms with E-state index in [9.17, 15) is 4.79 Å². The van der Waals surface area contributed by atoms with Crippen molar-refractivity contribution in [1.29, 1.82) is 0 Å². The Kier molecular flexibility index (Phi) is 4.86. The van der Waals surface area contributed by atoms with E-state index in [0.29, 0.717) is 23.1 Å². The van der Waals surface area contributed by atoms with Crippen LogP contribution in [0.1, 0.15) is 61.0 Å². The molecule has 3 N–H and O–H groups in total. The molecule has 0 aliphatic carbocycles. The highest BCUT2D eigenvalue weighted by atomic mass is 16.1. The zero-order chi connectivity index (χ0) is 16.3. The van der Waals surface area contributed by atoms with Crippen LogP contribution in [0.25, 0.3) is 0 Å². The first kappa shape index (κ1) is 16.1. The van der Waals surface area contributed by atoms with Crippen LogP contribution in [0, 0.1) is 0 Å². The van der Waals surface area contributed by atoms with Crippen LogP contribution in [0.2, 0.25) is 0 Å². The van der Waals surface area contributed by atoms with E-state index in [1.165, 1.54) is 0 Å². The highest BCUT2D eigenvalue weighted by molar-refractivity contribution is 6.05. The molecular weight excluding hydrogens is 272 g/mol. The largest absolute Gasteiger partial charge is 0.399 e. The molecule has 3 heteroatoms. The molecule has 0 fully saturated rings. The number of hydrogen-bond acceptors (Lipinski definition) is 2. The van der Waals surface area contributed by atoms with Gasteiger partial charge in [0.1, 0.15) is 0 Å². The molecule has 3 nitrogen and oxygen atoms in total. The number of nitrogens with two attached hydrogens (primary N) is 1. The Bertz CT molecular complexity index is 631. The van der Waals surface area contributed by atoms with Crippen molar-refractivity contribution in [3.63, 3.8) is 0 Å². The Morgan fingerprint density at radius 2 is 1.41 bits per heavy atom. The molecule has 116 valence electrons. The second-order valence-corrected chi connectivity index (χ2v) is 6.20. The van der Waals surface area contributed by atoms with E-state index in [4.69, 9.17) is 5.73 Å². The maximum atomic E-state index is 12.5. The number of nitrogen functional groups attached to an aromatic ring is 1. The predicted octanol–water partition coefficient (Wildman–Crippen LogP) is 4.77. The summed E-state index contributed by atoms with van der Waals surface area (Å²) in [6, 6.07) is 13.2. The van der Waals surface area contributed by atoms with Crippen LogP contribution in [0.5, 0.6) is 0 Å². The zero-order valence-corrected chi connectivity index (χ0v) is 13.7. The van der Waals surface area contributed by atoms with Crippen molar-refractivity contribution in [2.45, 2.75) is 39.5 Å². The third-order valence-corrected chi connectivity index (χ3v) is 3.78. The van der Waals surface area contributed by atoms with E-state index in [1.54, 1.807) is 24.3 Å². The van der Waals surface area contributed by atoms with Crippen LogP contribution < -0.4 is 11.1 Å². The molecular formula is C19H24N2O. The van der Waals surface area contributed by atoms with Crippen LogP contribution >= 0.6 is 0 Å². The summed E-state index contributed by atoms with van der Waals surface area (Å²) in [5.41, 5.74) is 10.2. The first-order valence-electron chi connectivity index (χ1n) is 7.69. The molecule has 0 spiro atoms. The van der Waals surface area contributed by atoms with E-state index < -0.39 is 0 Å². The van der Waals surface area contributed by atoms with Gasteiger partial charge in [0.25, 0.3) is 5.91 Å². The summed E-state index contributed by atoms with van der Waals surface area (Å²) in [4.78, 5) is 12.5. The molecule has 0 saturated heterocycles. The Labute approximate surface area is 132 Å². The molecule has 0 bridgehead atoms. The summed E-state index contributed by atoms with van der Waals surface area (Å²) < 4.78 is 0. The number of hydrogen-bond donors (Lipinski definition) is 2. The molecule has 0 unspecified atom stereocenters. The van der Waals surface area contributed by atoms with Gasteiger partial charge >= 0.3 is 0 Å². The third kappa shape index (κ3) is 3.48. The highest BCUT2D eigenvalue weighted by Crippen LogP contribution is 2.32. The summed E-state index contributed by atoms with van der Waals surface area (Å²) in [6.45, 7) is 8.55. The van der Waals surface area contributed by atoms with Gasteiger partial charge in [-0.3, -0.25) is 4.79 Å². The van der Waals surface area contributed by atoms with Crippen molar-refractivity contribution >= 4 is 17.3 Å². The summed E-state index contributed by atoms with van der Waals surface area (Å²) in [5.74, 6) is 0.593. The quantitative estimate of drug-likeness (QED) is 0.799. The number of rotatable bonds is 4. The van der Waals surface area contributed by atoms with Gasteiger partial charge in [-0.25, -0.2) is 0 Å². The topological polar surface area (TPSA) is 55.1 Å². The minimum absolute atomic E-state index is 0.102. The zero-order valence-electron chi connectivity index (χ0n) is 13.7. The molecule has 0 radical (unpaired) electrons. The molecule has 0 aliphatic heterocycles. The number of anilines is 2. The van der Waals surface area contributed by atoms with Gasteiger partial charge in [-0.15, -0.1) is 0 Å². The van der Waals surface area contributed by atoms with Crippen molar-refractivity contribution in [1.82, 2.24) is 0 Å². The summed E-state index contributed by atoms with van der Waals surface area (Å²) in [6.07, 6.45) is 0. The lowest BCUT2D eigenvalue weighted by molar-refractivity contribution is 0.102. The average Bonchev–Trinajstić information content (AvgIpc) is 2.47. The lowest BCUT2D eigenvalue weighted by atomic mass is 9.92. The molecule has 0 aromatic heterocycles. The molecule has 22 heavy (non-hydrogen) atoms. The number of amides is 1. The van der Waals surface area contributed by atoms with Gasteiger partial charge in [0.05, 0.1) is 0 Å². The van der Waals surface area contributed by atoms with Gasteiger partial charge in [-0.2, -0.15) is 0 Å². The van der Waals surface area contributed by atoms with E-state index in [-0.39, 0.29) is 5.91 Å². The summed E-state index contributed by atoms with van der Waals surface area (Å²) in [7, 11) is 0. The third-order valence-electron chi connectivity index (χ3n) is 3.78. The maximum Gasteiger partial charge on any atom is 0.255 e. The lowest BCUT2D eigenvalue weighted by Crippen LogP contribution is -2.16. The fourth-order valence-corrected chi connectivity index (χ4v) is 2.52. The lowest BCUT2D eigenvalue weighted by Gasteiger charge is -2.20. The van der Waals surface area contributed by atoms with E-state index in [2.05, 4.69) is 51.2 Å². The highest BCUT2D eigenvalue weighted by Gasteiger charge is 2.16. The Hall–Kier alpha value is -2.29. The number of nitrogens with one attached hydrogen (secondary N) is 1. The summed E-state index contributed by atoms with van der Waals surface area (Å²) in [5, 5.41) is 3.10. The van der Waals surface area contributed by atoms with E-state index in [0.717, 1.165) is 16.8 Å². The Morgan fingerprint density at radius 1 is 0.909 bits per heavy atom. The van der Waals surface area contributed by atoms with Gasteiger partial charge in [0, 0.05) is 16.9 Å². The Balaban J connectivity index is 2.39. The molecule has 1 amide bonds. The van der Waals surface area contributed by atoms with E-state index >= 15 is 0 Å². The van der Waals surface area contributed by atoms with Crippen molar-refractivity contribution in [3.05, 3.63) is 59.2 Å². The van der Waals surface area contributed by atoms with Crippen LogP contribution in [0.15, 0.2) is 42.5 Å². The number of para-hydroxylation sites is 1. The van der Waals surface area contributed by atoms with Crippen LogP contribution in [0.4, 0.5) is 11.4 Å². The molecule has 2 aromatic carbocycles. The normalized spacial score (nSPS) is 11.0. The first-order valence-corrected chi connectivity index (χ1v) is 7.69. The van der Waals surface area contributed by atoms with Crippen LogP contribution in [-0.2, 0) is 0 Å². The molecule has 0 atom stereocenters. The minimum Gasteiger partial charge on any atom is -0.399 e. The second kappa shape index (κ2) is 6.65. The monoisotopic (exact) mass is 296 g/mol. The number of benzene rings is 2. The smallest absolute Gasteiger partial charge is 0.255 e. The SMILES string of the molecule is CC(C)c1cccc(C(C)C)c1NC(=O)c1ccc(N)cc1. The van der Waals surface area contributed by atoms with Crippen LogP contribution in [0.3, 0.4) is 0 Å². The fourth-order valence-electron chi connectivity index (χ4n) is 2.52. The molecule has 0 heterocycles. The maximum absolute atomic E-state index is 12.5. The fraction of sp³-hybridized carbons (Fsp3) is 0.316. The molecule has 2 aromatic rings. The van der Waals surface area contributed by atoms with Gasteiger partial charge in [0.15, 0.2) is 0 Å². The van der Waals surface area contributed by atoms with Crippen LogP contribution in [-0.4, -0.2) is 5.91 Å². The molecule has 0 aliphatic rings. The van der Waals surface area contributed by atoms with Gasteiger partial charge in [0.2, 0.25) is 0 Å². The van der Waals surface area contributed by atoms with Crippen molar-refractivity contribution in [2.75, 3.05) is 11.1 Å². The van der Waals surface area contributed by atoms with Gasteiger partial charge in [-0.1, -0.05) is 45.9 Å². The Morgan fingerprint density at radius 3 is 1.86 bits per heavy atom.